The number of rotatable bonds is 8. The van der Waals surface area contributed by atoms with Crippen molar-refractivity contribution in [2.45, 2.75) is 13.5 Å². The van der Waals surface area contributed by atoms with Crippen molar-refractivity contribution >= 4 is 34.0 Å². The first kappa shape index (κ1) is 19.3. The van der Waals surface area contributed by atoms with Gasteiger partial charge in [-0.05, 0) is 38.7 Å². The van der Waals surface area contributed by atoms with Crippen LogP contribution in [-0.2, 0) is 6.54 Å². The van der Waals surface area contributed by atoms with E-state index in [1.54, 1.807) is 18.6 Å². The molecular weight excluding hydrogens is 360 g/mol. The lowest BCUT2D eigenvalue weighted by Gasteiger charge is -2.28. The molecule has 0 saturated heterocycles. The van der Waals surface area contributed by atoms with Crippen LogP contribution in [0.15, 0.2) is 43.0 Å². The molecule has 2 heterocycles. The second kappa shape index (κ2) is 8.97. The Kier molecular flexibility index (Phi) is 6.42. The van der Waals surface area contributed by atoms with E-state index in [0.29, 0.717) is 11.6 Å². The number of likely N-dealkylation sites (N-methyl/N-ethyl adjacent to an activating group) is 2. The number of aromatic nitrogens is 3. The first-order chi connectivity index (χ1) is 13.1. The average molecular weight is 385 g/mol. The number of hydrogen-bond donors (Lipinski definition) is 1. The van der Waals surface area contributed by atoms with E-state index >= 15 is 0 Å². The lowest BCUT2D eigenvalue weighted by Crippen LogP contribution is -2.32. The summed E-state index contributed by atoms with van der Waals surface area (Å²) in [5.74, 6) is 0. The summed E-state index contributed by atoms with van der Waals surface area (Å²) >= 11 is 6.50. The minimum atomic E-state index is 0.657. The van der Waals surface area contributed by atoms with Crippen LogP contribution in [0.25, 0.3) is 11.0 Å². The molecule has 0 saturated carbocycles. The van der Waals surface area contributed by atoms with Gasteiger partial charge in [0.15, 0.2) is 0 Å². The molecule has 3 aromatic rings. The molecule has 0 bridgehead atoms. The summed E-state index contributed by atoms with van der Waals surface area (Å²) in [5, 5.41) is 4.14. The summed E-state index contributed by atoms with van der Waals surface area (Å²) in [7, 11) is 4.15. The highest BCUT2D eigenvalue weighted by molar-refractivity contribution is 6.33. The lowest BCUT2D eigenvalue weighted by molar-refractivity contribution is 0.414. The molecule has 3 rings (SSSR count). The number of nitrogens with one attached hydrogen (secondary N) is 1. The highest BCUT2D eigenvalue weighted by Crippen LogP contribution is 2.33. The summed E-state index contributed by atoms with van der Waals surface area (Å²) in [6.07, 6.45) is 6.95. The maximum atomic E-state index is 6.50. The molecule has 1 aromatic carbocycles. The van der Waals surface area contributed by atoms with Crippen molar-refractivity contribution in [1.29, 1.82) is 0 Å². The molecule has 0 unspecified atom stereocenters. The van der Waals surface area contributed by atoms with Crippen molar-refractivity contribution in [3.8, 4) is 0 Å². The van der Waals surface area contributed by atoms with E-state index in [2.05, 4.69) is 63.2 Å². The third kappa shape index (κ3) is 4.84. The maximum Gasteiger partial charge on any atom is 0.0890 e. The normalized spacial score (nSPS) is 11.1. The Bertz CT molecular complexity index is 899. The quantitative estimate of drug-likeness (QED) is 0.639. The topological polar surface area (TPSA) is 57.2 Å². The number of fused-ring (bicyclic) bond motifs is 1. The molecule has 0 spiro atoms. The SMILES string of the molecule is CCN(CCN(C)C)c1c(Cl)cncc1NCc1ccc2nccnc2c1. The second-order valence-electron chi connectivity index (χ2n) is 6.63. The molecule has 2 aromatic heterocycles. The van der Waals surface area contributed by atoms with E-state index < -0.39 is 0 Å². The number of anilines is 2. The van der Waals surface area contributed by atoms with Gasteiger partial charge < -0.3 is 15.1 Å². The molecule has 0 aliphatic rings. The number of nitrogens with zero attached hydrogens (tertiary/aromatic N) is 5. The van der Waals surface area contributed by atoms with Crippen LogP contribution < -0.4 is 10.2 Å². The third-order valence-corrected chi connectivity index (χ3v) is 4.68. The second-order valence-corrected chi connectivity index (χ2v) is 7.04. The Morgan fingerprint density at radius 2 is 1.81 bits per heavy atom. The largest absolute Gasteiger partial charge is 0.378 e. The van der Waals surface area contributed by atoms with E-state index in [1.807, 2.05) is 12.3 Å². The van der Waals surface area contributed by atoms with Crippen LogP contribution in [0, 0.1) is 0 Å². The van der Waals surface area contributed by atoms with Gasteiger partial charge in [-0.2, -0.15) is 0 Å². The Labute approximate surface area is 165 Å². The lowest BCUT2D eigenvalue weighted by atomic mass is 10.2. The Hall–Kier alpha value is -2.44. The van der Waals surface area contributed by atoms with Crippen molar-refractivity contribution in [1.82, 2.24) is 19.9 Å². The van der Waals surface area contributed by atoms with Gasteiger partial charge in [0.2, 0.25) is 0 Å². The van der Waals surface area contributed by atoms with Gasteiger partial charge in [-0.15, -0.1) is 0 Å². The van der Waals surface area contributed by atoms with Crippen LogP contribution in [-0.4, -0.2) is 53.6 Å². The van der Waals surface area contributed by atoms with Gasteiger partial charge in [-0.1, -0.05) is 17.7 Å². The molecule has 0 radical (unpaired) electrons. The van der Waals surface area contributed by atoms with Crippen LogP contribution in [0.5, 0.6) is 0 Å². The zero-order chi connectivity index (χ0) is 19.2. The fourth-order valence-electron chi connectivity index (χ4n) is 2.94. The summed E-state index contributed by atoms with van der Waals surface area (Å²) in [5.41, 5.74) is 4.85. The van der Waals surface area contributed by atoms with Crippen molar-refractivity contribution in [2.24, 2.45) is 0 Å². The number of hydrogen-bond acceptors (Lipinski definition) is 6. The number of benzene rings is 1. The van der Waals surface area contributed by atoms with Crippen molar-refractivity contribution in [3.05, 3.63) is 53.6 Å². The van der Waals surface area contributed by atoms with Gasteiger partial charge in [0.25, 0.3) is 0 Å². The summed E-state index contributed by atoms with van der Waals surface area (Å²) in [6.45, 7) is 5.52. The molecule has 0 aliphatic heterocycles. The molecule has 27 heavy (non-hydrogen) atoms. The van der Waals surface area contributed by atoms with Crippen LogP contribution in [0.4, 0.5) is 11.4 Å². The van der Waals surface area contributed by atoms with Crippen LogP contribution in [0.2, 0.25) is 5.02 Å². The van der Waals surface area contributed by atoms with Gasteiger partial charge in [0.1, 0.15) is 0 Å². The Balaban J connectivity index is 1.80. The molecule has 0 amide bonds. The number of pyridine rings is 1. The molecule has 0 atom stereocenters. The van der Waals surface area contributed by atoms with Crippen LogP contribution in [0.3, 0.4) is 0 Å². The van der Waals surface area contributed by atoms with Crippen LogP contribution in [0.1, 0.15) is 12.5 Å². The molecule has 6 nitrogen and oxygen atoms in total. The molecule has 1 N–H and O–H groups in total. The van der Waals surface area contributed by atoms with Gasteiger partial charge in [0.05, 0.1) is 33.6 Å². The molecule has 0 fully saturated rings. The highest BCUT2D eigenvalue weighted by atomic mass is 35.5. The van der Waals surface area contributed by atoms with E-state index in [9.17, 15) is 0 Å². The monoisotopic (exact) mass is 384 g/mol. The standard InChI is InChI=1S/C20H25ClN6/c1-4-27(10-9-26(2)3)20-16(21)13-22-14-19(20)25-12-15-5-6-17-18(11-15)24-8-7-23-17/h5-8,11,13-14,25H,4,9-10,12H2,1-3H3. The third-order valence-electron chi connectivity index (χ3n) is 4.40. The fraction of sp³-hybridized carbons (Fsp3) is 0.350. The van der Waals surface area contributed by atoms with E-state index in [4.69, 9.17) is 11.6 Å². The smallest absolute Gasteiger partial charge is 0.0890 e. The van der Waals surface area contributed by atoms with Gasteiger partial charge in [-0.3, -0.25) is 15.0 Å². The highest BCUT2D eigenvalue weighted by Gasteiger charge is 2.15. The van der Waals surface area contributed by atoms with Gasteiger partial charge in [0, 0.05) is 44.8 Å². The molecule has 7 heteroatoms. The number of halogens is 1. The zero-order valence-corrected chi connectivity index (χ0v) is 16.7. The Morgan fingerprint density at radius 1 is 1.04 bits per heavy atom. The minimum absolute atomic E-state index is 0.657. The van der Waals surface area contributed by atoms with Gasteiger partial charge in [-0.25, -0.2) is 0 Å². The predicted octanol–water partition coefficient (Wildman–Crippen LogP) is 3.68. The van der Waals surface area contributed by atoms with Crippen LogP contribution >= 0.6 is 11.6 Å². The molecular formula is C20H25ClN6. The van der Waals surface area contributed by atoms with E-state index in [1.165, 1.54) is 0 Å². The van der Waals surface area contributed by atoms with Crippen molar-refractivity contribution in [3.63, 3.8) is 0 Å². The van der Waals surface area contributed by atoms with Crippen molar-refractivity contribution in [2.75, 3.05) is 43.9 Å². The van der Waals surface area contributed by atoms with Crippen molar-refractivity contribution < 1.29 is 0 Å². The average Bonchev–Trinajstić information content (AvgIpc) is 2.67. The maximum absolute atomic E-state index is 6.50. The summed E-state index contributed by atoms with van der Waals surface area (Å²) in [4.78, 5) is 17.4. The molecule has 142 valence electrons. The van der Waals surface area contributed by atoms with Gasteiger partial charge >= 0.3 is 0 Å². The predicted molar refractivity (Wildman–Crippen MR) is 113 cm³/mol. The summed E-state index contributed by atoms with van der Waals surface area (Å²) in [6, 6.07) is 6.10. The fourth-order valence-corrected chi connectivity index (χ4v) is 3.22. The minimum Gasteiger partial charge on any atom is -0.378 e. The Morgan fingerprint density at radius 3 is 2.56 bits per heavy atom. The van der Waals surface area contributed by atoms with E-state index in [0.717, 1.165) is 47.6 Å². The summed E-state index contributed by atoms with van der Waals surface area (Å²) < 4.78 is 0. The van der Waals surface area contributed by atoms with E-state index in [-0.39, 0.29) is 0 Å². The molecule has 0 aliphatic carbocycles. The zero-order valence-electron chi connectivity index (χ0n) is 16.0. The first-order valence-electron chi connectivity index (χ1n) is 9.05. The first-order valence-corrected chi connectivity index (χ1v) is 9.43.